The van der Waals surface area contributed by atoms with Gasteiger partial charge in [-0.25, -0.2) is 12.8 Å². The molecule has 0 spiro atoms. The average molecular weight is 413 g/mol. The lowest BCUT2D eigenvalue weighted by Gasteiger charge is -2.17. The Hall–Kier alpha value is -2.16. The standard InChI is InChI=1S/C18H18ClFN2O4S/c19-15-4-3-5-16(20)14(15)11-26-17-7-6-12(10-13(17)18(21)23)27(24,25)22-8-1-2-9-22/h3-7,10H,1-2,8-9,11H2,(H2,21,23). The Bertz CT molecular complexity index is 955. The first-order valence-corrected chi connectivity index (χ1v) is 10.1. The zero-order valence-electron chi connectivity index (χ0n) is 14.3. The molecule has 1 fully saturated rings. The van der Waals surface area contributed by atoms with Crippen LogP contribution in [-0.4, -0.2) is 31.7 Å². The quantitative estimate of drug-likeness (QED) is 0.789. The summed E-state index contributed by atoms with van der Waals surface area (Å²) in [6.07, 6.45) is 1.60. The van der Waals surface area contributed by atoms with Crippen LogP contribution in [0.2, 0.25) is 5.02 Å². The van der Waals surface area contributed by atoms with Crippen molar-refractivity contribution in [3.05, 3.63) is 58.4 Å². The van der Waals surface area contributed by atoms with Crippen LogP contribution in [0.15, 0.2) is 41.3 Å². The van der Waals surface area contributed by atoms with Crippen LogP contribution < -0.4 is 10.5 Å². The highest BCUT2D eigenvalue weighted by molar-refractivity contribution is 7.89. The minimum Gasteiger partial charge on any atom is -0.488 e. The molecule has 1 aliphatic heterocycles. The number of nitrogens with zero attached hydrogens (tertiary/aromatic N) is 1. The second-order valence-electron chi connectivity index (χ2n) is 6.12. The molecule has 3 rings (SSSR count). The molecule has 144 valence electrons. The van der Waals surface area contributed by atoms with Crippen molar-refractivity contribution in [3.8, 4) is 5.75 Å². The number of hydrogen-bond donors (Lipinski definition) is 1. The van der Waals surface area contributed by atoms with E-state index in [4.69, 9.17) is 22.1 Å². The lowest BCUT2D eigenvalue weighted by Crippen LogP contribution is -2.28. The Morgan fingerprint density at radius 2 is 1.93 bits per heavy atom. The van der Waals surface area contributed by atoms with E-state index in [1.54, 1.807) is 0 Å². The van der Waals surface area contributed by atoms with E-state index in [2.05, 4.69) is 0 Å². The van der Waals surface area contributed by atoms with E-state index in [0.717, 1.165) is 12.8 Å². The van der Waals surface area contributed by atoms with Crippen LogP contribution in [0.25, 0.3) is 0 Å². The fourth-order valence-corrected chi connectivity index (χ4v) is 4.65. The van der Waals surface area contributed by atoms with Crippen molar-refractivity contribution in [3.63, 3.8) is 0 Å². The van der Waals surface area contributed by atoms with Crippen LogP contribution in [-0.2, 0) is 16.6 Å². The van der Waals surface area contributed by atoms with Gasteiger partial charge in [0.15, 0.2) is 0 Å². The number of amides is 1. The molecule has 6 nitrogen and oxygen atoms in total. The first-order valence-electron chi connectivity index (χ1n) is 8.30. The molecule has 2 aromatic rings. The largest absolute Gasteiger partial charge is 0.488 e. The van der Waals surface area contributed by atoms with Crippen molar-refractivity contribution in [1.29, 1.82) is 0 Å². The number of nitrogens with two attached hydrogens (primary N) is 1. The van der Waals surface area contributed by atoms with Gasteiger partial charge in [0.25, 0.3) is 5.91 Å². The zero-order chi connectivity index (χ0) is 19.6. The van der Waals surface area contributed by atoms with Crippen LogP contribution in [0.4, 0.5) is 4.39 Å². The van der Waals surface area contributed by atoms with E-state index >= 15 is 0 Å². The monoisotopic (exact) mass is 412 g/mol. The molecule has 1 amide bonds. The molecule has 0 saturated carbocycles. The van der Waals surface area contributed by atoms with Crippen molar-refractivity contribution in [2.24, 2.45) is 5.73 Å². The Morgan fingerprint density at radius 3 is 2.56 bits per heavy atom. The number of carbonyl (C=O) groups excluding carboxylic acids is 1. The van der Waals surface area contributed by atoms with E-state index in [1.807, 2.05) is 0 Å². The van der Waals surface area contributed by atoms with E-state index in [9.17, 15) is 17.6 Å². The highest BCUT2D eigenvalue weighted by atomic mass is 35.5. The topological polar surface area (TPSA) is 89.7 Å². The van der Waals surface area contributed by atoms with Gasteiger partial charge in [0, 0.05) is 18.7 Å². The predicted molar refractivity (Wildman–Crippen MR) is 98.7 cm³/mol. The molecule has 0 aliphatic carbocycles. The van der Waals surface area contributed by atoms with Gasteiger partial charge in [-0.3, -0.25) is 4.79 Å². The number of hydrogen-bond acceptors (Lipinski definition) is 4. The molecule has 0 aromatic heterocycles. The first kappa shape index (κ1) is 19.6. The Balaban J connectivity index is 1.89. The second-order valence-corrected chi connectivity index (χ2v) is 8.47. The third-order valence-electron chi connectivity index (χ3n) is 4.35. The molecule has 2 aromatic carbocycles. The summed E-state index contributed by atoms with van der Waals surface area (Å²) in [6.45, 7) is 0.653. The van der Waals surface area contributed by atoms with Crippen molar-refractivity contribution in [1.82, 2.24) is 4.31 Å². The molecule has 27 heavy (non-hydrogen) atoms. The predicted octanol–water partition coefficient (Wildman–Crippen LogP) is 2.94. The van der Waals surface area contributed by atoms with Gasteiger partial charge in [-0.05, 0) is 43.2 Å². The van der Waals surface area contributed by atoms with Crippen LogP contribution in [0.1, 0.15) is 28.8 Å². The maximum atomic E-state index is 13.9. The number of carbonyl (C=O) groups is 1. The fraction of sp³-hybridized carbons (Fsp3) is 0.278. The molecule has 9 heteroatoms. The van der Waals surface area contributed by atoms with E-state index in [-0.39, 0.29) is 33.4 Å². The van der Waals surface area contributed by atoms with Crippen molar-refractivity contribution < 1.29 is 22.3 Å². The summed E-state index contributed by atoms with van der Waals surface area (Å²) in [4.78, 5) is 11.8. The number of sulfonamides is 1. The Labute approximate surface area is 161 Å². The Morgan fingerprint density at radius 1 is 1.22 bits per heavy atom. The molecule has 0 radical (unpaired) electrons. The molecular weight excluding hydrogens is 395 g/mol. The Kier molecular flexibility index (Phi) is 5.69. The fourth-order valence-electron chi connectivity index (χ4n) is 2.89. The summed E-state index contributed by atoms with van der Waals surface area (Å²) in [5.41, 5.74) is 5.41. The lowest BCUT2D eigenvalue weighted by molar-refractivity contribution is 0.0995. The number of ether oxygens (including phenoxy) is 1. The number of rotatable bonds is 6. The highest BCUT2D eigenvalue weighted by Crippen LogP contribution is 2.28. The highest BCUT2D eigenvalue weighted by Gasteiger charge is 2.28. The number of benzene rings is 2. The van der Waals surface area contributed by atoms with Gasteiger partial charge in [-0.2, -0.15) is 4.31 Å². The lowest BCUT2D eigenvalue weighted by atomic mass is 10.2. The zero-order valence-corrected chi connectivity index (χ0v) is 15.9. The van der Waals surface area contributed by atoms with Gasteiger partial charge in [-0.15, -0.1) is 0 Å². The SMILES string of the molecule is NC(=O)c1cc(S(=O)(=O)N2CCCC2)ccc1OCc1c(F)cccc1Cl. The third-order valence-corrected chi connectivity index (χ3v) is 6.60. The number of halogens is 2. The van der Waals surface area contributed by atoms with Crippen LogP contribution >= 0.6 is 11.6 Å². The molecule has 1 saturated heterocycles. The molecular formula is C18H18ClFN2O4S. The maximum absolute atomic E-state index is 13.9. The summed E-state index contributed by atoms with van der Waals surface area (Å²) in [7, 11) is -3.70. The van der Waals surface area contributed by atoms with Gasteiger partial charge in [0.05, 0.1) is 15.5 Å². The molecule has 1 aliphatic rings. The smallest absolute Gasteiger partial charge is 0.252 e. The van der Waals surface area contributed by atoms with E-state index < -0.39 is 21.7 Å². The summed E-state index contributed by atoms with van der Waals surface area (Å²) in [5.74, 6) is -1.33. The summed E-state index contributed by atoms with van der Waals surface area (Å²) in [5, 5.41) is 0.184. The van der Waals surface area contributed by atoms with Crippen LogP contribution in [0.5, 0.6) is 5.75 Å². The minimum absolute atomic E-state index is 0.0329. The normalized spacial score (nSPS) is 15.0. The number of primary amides is 1. The molecule has 0 unspecified atom stereocenters. The van der Waals surface area contributed by atoms with Crippen molar-refractivity contribution in [2.45, 2.75) is 24.3 Å². The van der Waals surface area contributed by atoms with Gasteiger partial charge in [0.1, 0.15) is 18.2 Å². The second kappa shape index (κ2) is 7.84. The van der Waals surface area contributed by atoms with Gasteiger partial charge in [0.2, 0.25) is 10.0 Å². The van der Waals surface area contributed by atoms with Crippen LogP contribution in [0, 0.1) is 5.82 Å². The maximum Gasteiger partial charge on any atom is 0.252 e. The van der Waals surface area contributed by atoms with Gasteiger partial charge in [-0.1, -0.05) is 17.7 Å². The van der Waals surface area contributed by atoms with Crippen molar-refractivity contribution in [2.75, 3.05) is 13.1 Å². The van der Waals surface area contributed by atoms with Gasteiger partial charge >= 0.3 is 0 Å². The summed E-state index contributed by atoms with van der Waals surface area (Å²) >= 11 is 5.96. The molecule has 0 atom stereocenters. The minimum atomic E-state index is -3.70. The summed E-state index contributed by atoms with van der Waals surface area (Å²) < 4.78 is 46.0. The van der Waals surface area contributed by atoms with Crippen LogP contribution in [0.3, 0.4) is 0 Å². The van der Waals surface area contributed by atoms with E-state index in [1.165, 1.54) is 40.7 Å². The summed E-state index contributed by atoms with van der Waals surface area (Å²) in [6, 6.07) is 8.10. The first-order chi connectivity index (χ1) is 12.8. The third kappa shape index (κ3) is 4.07. The average Bonchev–Trinajstić information content (AvgIpc) is 3.16. The molecule has 2 N–H and O–H groups in total. The van der Waals surface area contributed by atoms with Crippen molar-refractivity contribution >= 4 is 27.5 Å². The van der Waals surface area contributed by atoms with Gasteiger partial charge < -0.3 is 10.5 Å². The molecule has 0 bridgehead atoms. The van der Waals surface area contributed by atoms with E-state index in [0.29, 0.717) is 13.1 Å². The molecule has 1 heterocycles.